The Morgan fingerprint density at radius 2 is 2.00 bits per heavy atom. The van der Waals surface area contributed by atoms with Crippen molar-refractivity contribution >= 4 is 11.6 Å². The predicted octanol–water partition coefficient (Wildman–Crippen LogP) is 2.52. The molecule has 0 radical (unpaired) electrons. The summed E-state index contributed by atoms with van der Waals surface area (Å²) in [6, 6.07) is 3.72. The fraction of sp³-hybridized carbons (Fsp3) is 0.667. The molecule has 0 bridgehead atoms. The van der Waals surface area contributed by atoms with Crippen LogP contribution in [0, 0.1) is 19.8 Å². The fourth-order valence-electron chi connectivity index (χ4n) is 4.60. The number of hydrogen-bond acceptors (Lipinski definition) is 5. The van der Waals surface area contributed by atoms with Crippen LogP contribution in [-0.4, -0.2) is 61.4 Å². The van der Waals surface area contributed by atoms with E-state index >= 15 is 0 Å². The van der Waals surface area contributed by atoms with Gasteiger partial charge in [0.1, 0.15) is 0 Å². The molecule has 1 amide bonds. The van der Waals surface area contributed by atoms with Gasteiger partial charge in [-0.3, -0.25) is 4.79 Å². The molecule has 2 atom stereocenters. The van der Waals surface area contributed by atoms with E-state index in [4.69, 9.17) is 4.74 Å². The minimum absolute atomic E-state index is 0.0610. The average molecular weight is 386 g/mol. The lowest BCUT2D eigenvalue weighted by Gasteiger charge is -2.48. The highest BCUT2D eigenvalue weighted by Crippen LogP contribution is 2.39. The maximum atomic E-state index is 13.0. The molecule has 2 fully saturated rings. The molecule has 1 spiro atoms. The highest BCUT2D eigenvalue weighted by molar-refractivity contribution is 5.93. The quantitative estimate of drug-likeness (QED) is 0.858. The van der Waals surface area contributed by atoms with Crippen LogP contribution >= 0.6 is 0 Å². The third kappa shape index (κ3) is 3.53. The molecule has 0 unspecified atom stereocenters. The lowest BCUT2D eigenvalue weighted by Crippen LogP contribution is -2.54. The third-order valence-corrected chi connectivity index (χ3v) is 6.17. The molecule has 2 aromatic rings. The average Bonchev–Trinajstić information content (AvgIpc) is 3.05. The van der Waals surface area contributed by atoms with Crippen LogP contribution in [0.1, 0.15) is 61.4 Å². The van der Waals surface area contributed by atoms with Crippen molar-refractivity contribution in [1.82, 2.24) is 19.5 Å². The minimum atomic E-state index is -0.320. The second-order valence-corrected chi connectivity index (χ2v) is 8.81. The molecule has 2 aromatic heterocycles. The summed E-state index contributed by atoms with van der Waals surface area (Å²) in [6.45, 7) is 9.41. The van der Waals surface area contributed by atoms with Crippen molar-refractivity contribution in [2.45, 2.75) is 71.2 Å². The summed E-state index contributed by atoms with van der Waals surface area (Å²) in [5.74, 6) is 0.317. The minimum Gasteiger partial charge on any atom is -0.393 e. The first kappa shape index (κ1) is 19.3. The number of aliphatic hydroxyl groups excluding tert-OH is 1. The SMILES string of the molecule is Cc1cc(C)n2nc(C(=O)N3CCC4(CC3)C[C@H](O)C[C@H](C(C)C)O4)cc2n1. The number of rotatable bonds is 2. The van der Waals surface area contributed by atoms with Crippen molar-refractivity contribution in [2.75, 3.05) is 13.1 Å². The number of piperidine rings is 1. The molecule has 0 saturated carbocycles. The van der Waals surface area contributed by atoms with Crippen molar-refractivity contribution in [3.8, 4) is 0 Å². The number of amides is 1. The van der Waals surface area contributed by atoms with Gasteiger partial charge in [0.15, 0.2) is 11.3 Å². The van der Waals surface area contributed by atoms with E-state index in [0.717, 1.165) is 24.2 Å². The van der Waals surface area contributed by atoms with Gasteiger partial charge in [-0.25, -0.2) is 9.50 Å². The van der Waals surface area contributed by atoms with Gasteiger partial charge in [-0.2, -0.15) is 5.10 Å². The molecule has 0 aliphatic carbocycles. The predicted molar refractivity (Wildman–Crippen MR) is 105 cm³/mol. The first-order valence-corrected chi connectivity index (χ1v) is 10.3. The first-order valence-electron chi connectivity index (χ1n) is 10.3. The summed E-state index contributed by atoms with van der Waals surface area (Å²) in [7, 11) is 0. The number of fused-ring (bicyclic) bond motifs is 1. The van der Waals surface area contributed by atoms with E-state index in [0.29, 0.717) is 43.2 Å². The van der Waals surface area contributed by atoms with Crippen molar-refractivity contribution < 1.29 is 14.6 Å². The number of likely N-dealkylation sites (tertiary alicyclic amines) is 1. The molecule has 2 aliphatic heterocycles. The Labute approximate surface area is 165 Å². The number of aryl methyl sites for hydroxylation is 2. The standard InChI is InChI=1S/C21H30N4O3/c1-13(2)18-10-16(26)12-21(28-18)5-7-24(8-6-21)20(27)17-11-19-22-14(3)9-15(4)25(19)23-17/h9,11,13,16,18,26H,5-8,10,12H2,1-4H3/t16-,18-/m1/s1. The fourth-order valence-corrected chi connectivity index (χ4v) is 4.60. The van der Waals surface area contributed by atoms with Crippen LogP contribution in [0.15, 0.2) is 12.1 Å². The van der Waals surface area contributed by atoms with Gasteiger partial charge in [0, 0.05) is 37.0 Å². The second-order valence-electron chi connectivity index (χ2n) is 8.81. The lowest BCUT2D eigenvalue weighted by atomic mass is 9.80. The second kappa shape index (κ2) is 7.12. The van der Waals surface area contributed by atoms with Crippen LogP contribution in [0.3, 0.4) is 0 Å². The molecule has 0 aromatic carbocycles. The maximum Gasteiger partial charge on any atom is 0.274 e. The van der Waals surface area contributed by atoms with E-state index in [1.54, 1.807) is 10.6 Å². The third-order valence-electron chi connectivity index (χ3n) is 6.17. The lowest BCUT2D eigenvalue weighted by molar-refractivity contribution is -0.190. The number of nitrogens with zero attached hydrogens (tertiary/aromatic N) is 4. The normalized spacial score (nSPS) is 25.0. The van der Waals surface area contributed by atoms with Crippen LogP contribution in [0.4, 0.5) is 0 Å². The van der Waals surface area contributed by atoms with Crippen LogP contribution in [0.2, 0.25) is 0 Å². The van der Waals surface area contributed by atoms with Gasteiger partial charge < -0.3 is 14.7 Å². The van der Waals surface area contributed by atoms with Crippen molar-refractivity contribution in [2.24, 2.45) is 5.92 Å². The molecule has 7 heteroatoms. The van der Waals surface area contributed by atoms with Crippen LogP contribution in [-0.2, 0) is 4.74 Å². The molecular formula is C21H30N4O3. The zero-order chi connectivity index (χ0) is 20.1. The number of aromatic nitrogens is 3. The topological polar surface area (TPSA) is 80.0 Å². The molecule has 4 heterocycles. The number of aliphatic hydroxyl groups is 1. The molecular weight excluding hydrogens is 356 g/mol. The monoisotopic (exact) mass is 386 g/mol. The highest BCUT2D eigenvalue weighted by Gasteiger charge is 2.44. The molecule has 2 aliphatic rings. The summed E-state index contributed by atoms with van der Waals surface area (Å²) < 4.78 is 8.15. The van der Waals surface area contributed by atoms with Gasteiger partial charge in [-0.1, -0.05) is 13.8 Å². The Morgan fingerprint density at radius 1 is 1.29 bits per heavy atom. The van der Waals surface area contributed by atoms with Gasteiger partial charge in [-0.15, -0.1) is 0 Å². The Bertz CT molecular complexity index is 883. The summed E-state index contributed by atoms with van der Waals surface area (Å²) in [4.78, 5) is 19.3. The van der Waals surface area contributed by atoms with E-state index in [-0.39, 0.29) is 23.7 Å². The molecule has 1 N–H and O–H groups in total. The molecule has 4 rings (SSSR count). The van der Waals surface area contributed by atoms with E-state index in [9.17, 15) is 9.90 Å². The summed E-state index contributed by atoms with van der Waals surface area (Å²) >= 11 is 0. The van der Waals surface area contributed by atoms with E-state index in [1.807, 2.05) is 24.8 Å². The molecule has 152 valence electrons. The van der Waals surface area contributed by atoms with Crippen LogP contribution in [0.5, 0.6) is 0 Å². The van der Waals surface area contributed by atoms with E-state index < -0.39 is 0 Å². The van der Waals surface area contributed by atoms with Crippen molar-refractivity contribution in [1.29, 1.82) is 0 Å². The van der Waals surface area contributed by atoms with Crippen LogP contribution in [0.25, 0.3) is 5.65 Å². The molecule has 28 heavy (non-hydrogen) atoms. The van der Waals surface area contributed by atoms with Crippen molar-refractivity contribution in [3.05, 3.63) is 29.2 Å². The number of carbonyl (C=O) groups excluding carboxylic acids is 1. The Balaban J connectivity index is 1.48. The van der Waals surface area contributed by atoms with Gasteiger partial charge >= 0.3 is 0 Å². The zero-order valence-electron chi connectivity index (χ0n) is 17.2. The summed E-state index contributed by atoms with van der Waals surface area (Å²) in [6.07, 6.45) is 2.64. The molecule has 2 saturated heterocycles. The van der Waals surface area contributed by atoms with Crippen molar-refractivity contribution in [3.63, 3.8) is 0 Å². The number of ether oxygens (including phenoxy) is 1. The smallest absolute Gasteiger partial charge is 0.274 e. The van der Waals surface area contributed by atoms with E-state index in [1.165, 1.54) is 0 Å². The summed E-state index contributed by atoms with van der Waals surface area (Å²) in [5.41, 5.74) is 2.70. The van der Waals surface area contributed by atoms with Gasteiger partial charge in [0.25, 0.3) is 5.91 Å². The number of hydrogen-bond donors (Lipinski definition) is 1. The Kier molecular flexibility index (Phi) is 4.91. The summed E-state index contributed by atoms with van der Waals surface area (Å²) in [5, 5.41) is 14.8. The molecule has 7 nitrogen and oxygen atoms in total. The van der Waals surface area contributed by atoms with Gasteiger partial charge in [0.05, 0.1) is 17.8 Å². The van der Waals surface area contributed by atoms with Crippen LogP contribution < -0.4 is 0 Å². The largest absolute Gasteiger partial charge is 0.393 e. The Hall–Kier alpha value is -1.99. The van der Waals surface area contributed by atoms with E-state index in [2.05, 4.69) is 23.9 Å². The maximum absolute atomic E-state index is 13.0. The highest BCUT2D eigenvalue weighted by atomic mass is 16.5. The van der Waals surface area contributed by atoms with Gasteiger partial charge in [-0.05, 0) is 45.1 Å². The first-order chi connectivity index (χ1) is 13.3. The zero-order valence-corrected chi connectivity index (χ0v) is 17.2. The van der Waals surface area contributed by atoms with Gasteiger partial charge in [0.2, 0.25) is 0 Å². The Morgan fingerprint density at radius 3 is 2.68 bits per heavy atom. The number of carbonyl (C=O) groups is 1.